The van der Waals surface area contributed by atoms with Gasteiger partial charge in [0.05, 0.1) is 17.7 Å². The summed E-state index contributed by atoms with van der Waals surface area (Å²) in [6.45, 7) is 2.07. The van der Waals surface area contributed by atoms with Crippen molar-refractivity contribution in [3.05, 3.63) is 36.2 Å². The molecule has 1 aliphatic heterocycles. The summed E-state index contributed by atoms with van der Waals surface area (Å²) in [5.41, 5.74) is 2.45. The lowest BCUT2D eigenvalue weighted by molar-refractivity contribution is 0.393. The minimum Gasteiger partial charge on any atom is -0.333 e. The Hall–Kier alpha value is -1.62. The van der Waals surface area contributed by atoms with E-state index >= 15 is 0 Å². The van der Waals surface area contributed by atoms with E-state index in [4.69, 9.17) is 0 Å². The molecule has 0 aromatic carbocycles. The molecule has 0 saturated carbocycles. The van der Waals surface area contributed by atoms with E-state index in [9.17, 15) is 0 Å². The van der Waals surface area contributed by atoms with E-state index in [0.717, 1.165) is 25.2 Å². The number of imidazole rings is 1. The van der Waals surface area contributed by atoms with Gasteiger partial charge in [-0.1, -0.05) is 6.42 Å². The minimum atomic E-state index is 0.472. The molecule has 0 bridgehead atoms. The van der Waals surface area contributed by atoms with Crippen molar-refractivity contribution in [2.45, 2.75) is 38.3 Å². The van der Waals surface area contributed by atoms with Gasteiger partial charge in [0.25, 0.3) is 0 Å². The first kappa shape index (κ1) is 12.4. The van der Waals surface area contributed by atoms with E-state index in [1.54, 1.807) is 0 Å². The van der Waals surface area contributed by atoms with Crippen molar-refractivity contribution < 1.29 is 0 Å². The summed E-state index contributed by atoms with van der Waals surface area (Å²) in [6, 6.07) is 2.55. The van der Waals surface area contributed by atoms with Crippen molar-refractivity contribution in [1.29, 1.82) is 0 Å². The molecule has 5 nitrogen and oxygen atoms in total. The van der Waals surface area contributed by atoms with Gasteiger partial charge in [0, 0.05) is 38.4 Å². The molecule has 3 rings (SSSR count). The highest BCUT2D eigenvalue weighted by atomic mass is 15.2. The number of nitrogens with zero attached hydrogens (tertiary/aromatic N) is 4. The molecule has 1 aliphatic rings. The highest BCUT2D eigenvalue weighted by Gasteiger charge is 2.18. The summed E-state index contributed by atoms with van der Waals surface area (Å²) in [5, 5.41) is 8.00. The Balaban J connectivity index is 1.66. The Kier molecular flexibility index (Phi) is 3.64. The largest absolute Gasteiger partial charge is 0.333 e. The second-order valence-corrected chi connectivity index (χ2v) is 5.25. The van der Waals surface area contributed by atoms with Gasteiger partial charge in [0.2, 0.25) is 0 Å². The van der Waals surface area contributed by atoms with Crippen LogP contribution in [0.2, 0.25) is 0 Å². The number of aryl methyl sites for hydroxylation is 3. The van der Waals surface area contributed by atoms with Crippen molar-refractivity contribution in [2.75, 3.05) is 6.54 Å². The summed E-state index contributed by atoms with van der Waals surface area (Å²) in [6.07, 6.45) is 10.7. The van der Waals surface area contributed by atoms with Gasteiger partial charge in [-0.2, -0.15) is 5.10 Å². The fourth-order valence-electron chi connectivity index (χ4n) is 2.74. The first-order valence-corrected chi connectivity index (χ1v) is 7.05. The molecule has 0 spiro atoms. The quantitative estimate of drug-likeness (QED) is 0.908. The molecule has 3 heterocycles. The van der Waals surface area contributed by atoms with Crippen molar-refractivity contribution >= 4 is 0 Å². The van der Waals surface area contributed by atoms with Crippen LogP contribution in [0.25, 0.3) is 0 Å². The van der Waals surface area contributed by atoms with Gasteiger partial charge in [0.15, 0.2) is 0 Å². The van der Waals surface area contributed by atoms with E-state index in [0.29, 0.717) is 6.04 Å². The maximum atomic E-state index is 4.42. The van der Waals surface area contributed by atoms with E-state index in [2.05, 4.69) is 26.0 Å². The fourth-order valence-corrected chi connectivity index (χ4v) is 2.74. The molecular weight excluding hydrogens is 238 g/mol. The van der Waals surface area contributed by atoms with Crippen LogP contribution < -0.4 is 5.32 Å². The van der Waals surface area contributed by atoms with Gasteiger partial charge in [-0.05, 0) is 25.5 Å². The lowest BCUT2D eigenvalue weighted by Gasteiger charge is -2.24. The number of rotatable bonds is 4. The topological polar surface area (TPSA) is 47.7 Å². The standard InChI is InChI=1S/C14H21N5/c1-18-8-5-12(17-18)6-9-19-11-15-10-14(19)13-4-2-3-7-16-13/h5,8,10-11,13,16H,2-4,6-7,9H2,1H3. The Labute approximate surface area is 113 Å². The Morgan fingerprint density at radius 2 is 2.37 bits per heavy atom. The zero-order valence-corrected chi connectivity index (χ0v) is 11.4. The van der Waals surface area contributed by atoms with Crippen LogP contribution in [0, 0.1) is 0 Å². The van der Waals surface area contributed by atoms with E-state index in [-0.39, 0.29) is 0 Å². The van der Waals surface area contributed by atoms with Gasteiger partial charge < -0.3 is 9.88 Å². The van der Waals surface area contributed by atoms with E-state index in [1.807, 2.05) is 30.5 Å². The lowest BCUT2D eigenvalue weighted by atomic mass is 10.0. The second-order valence-electron chi connectivity index (χ2n) is 5.25. The van der Waals surface area contributed by atoms with Crippen LogP contribution in [0.5, 0.6) is 0 Å². The summed E-state index contributed by atoms with van der Waals surface area (Å²) < 4.78 is 4.12. The zero-order valence-electron chi connectivity index (χ0n) is 11.4. The molecule has 1 atom stereocenters. The van der Waals surface area contributed by atoms with Crippen LogP contribution in [-0.4, -0.2) is 25.9 Å². The predicted octanol–water partition coefficient (Wildman–Crippen LogP) is 1.67. The Morgan fingerprint density at radius 1 is 1.42 bits per heavy atom. The van der Waals surface area contributed by atoms with Crippen molar-refractivity contribution in [2.24, 2.45) is 7.05 Å². The lowest BCUT2D eigenvalue weighted by Crippen LogP contribution is -2.28. The molecule has 2 aromatic heterocycles. The number of hydrogen-bond donors (Lipinski definition) is 1. The third-order valence-corrected chi connectivity index (χ3v) is 3.79. The molecule has 0 radical (unpaired) electrons. The minimum absolute atomic E-state index is 0.472. The number of piperidine rings is 1. The summed E-state index contributed by atoms with van der Waals surface area (Å²) >= 11 is 0. The molecular formula is C14H21N5. The first-order valence-electron chi connectivity index (χ1n) is 7.05. The van der Waals surface area contributed by atoms with Crippen molar-refractivity contribution in [3.8, 4) is 0 Å². The Morgan fingerprint density at radius 3 is 3.11 bits per heavy atom. The number of hydrogen-bond acceptors (Lipinski definition) is 3. The predicted molar refractivity (Wildman–Crippen MR) is 73.7 cm³/mol. The van der Waals surface area contributed by atoms with E-state index < -0.39 is 0 Å². The van der Waals surface area contributed by atoms with Crippen LogP contribution in [0.15, 0.2) is 24.8 Å². The molecule has 1 fully saturated rings. The van der Waals surface area contributed by atoms with Gasteiger partial charge in [-0.3, -0.25) is 4.68 Å². The van der Waals surface area contributed by atoms with Gasteiger partial charge >= 0.3 is 0 Å². The van der Waals surface area contributed by atoms with Crippen LogP contribution in [0.1, 0.15) is 36.7 Å². The molecule has 1 N–H and O–H groups in total. The van der Waals surface area contributed by atoms with Gasteiger partial charge in [0.1, 0.15) is 0 Å². The molecule has 1 saturated heterocycles. The monoisotopic (exact) mass is 259 g/mol. The van der Waals surface area contributed by atoms with Crippen LogP contribution >= 0.6 is 0 Å². The summed E-state index contributed by atoms with van der Waals surface area (Å²) in [4.78, 5) is 4.31. The maximum absolute atomic E-state index is 4.42. The van der Waals surface area contributed by atoms with Crippen LogP contribution in [0.4, 0.5) is 0 Å². The zero-order chi connectivity index (χ0) is 13.1. The number of aromatic nitrogens is 4. The average molecular weight is 259 g/mol. The second kappa shape index (κ2) is 5.57. The highest BCUT2D eigenvalue weighted by Crippen LogP contribution is 2.22. The Bertz CT molecular complexity index is 521. The van der Waals surface area contributed by atoms with Crippen molar-refractivity contribution in [3.63, 3.8) is 0 Å². The maximum Gasteiger partial charge on any atom is 0.0948 e. The average Bonchev–Trinajstić information content (AvgIpc) is 3.06. The molecule has 102 valence electrons. The third-order valence-electron chi connectivity index (χ3n) is 3.79. The van der Waals surface area contributed by atoms with Crippen LogP contribution in [0.3, 0.4) is 0 Å². The summed E-state index contributed by atoms with van der Waals surface area (Å²) in [7, 11) is 1.96. The molecule has 2 aromatic rings. The SMILES string of the molecule is Cn1ccc(CCn2cncc2C2CCCCN2)n1. The molecule has 0 amide bonds. The van der Waals surface area contributed by atoms with Gasteiger partial charge in [-0.25, -0.2) is 4.98 Å². The summed E-state index contributed by atoms with van der Waals surface area (Å²) in [5.74, 6) is 0. The van der Waals surface area contributed by atoms with Gasteiger partial charge in [-0.15, -0.1) is 0 Å². The number of nitrogens with one attached hydrogen (secondary N) is 1. The smallest absolute Gasteiger partial charge is 0.0948 e. The first-order chi connectivity index (χ1) is 9.33. The highest BCUT2D eigenvalue weighted by molar-refractivity contribution is 5.07. The molecule has 5 heteroatoms. The normalized spacial score (nSPS) is 19.7. The fraction of sp³-hybridized carbons (Fsp3) is 0.571. The molecule has 0 aliphatic carbocycles. The third kappa shape index (κ3) is 2.87. The van der Waals surface area contributed by atoms with Crippen molar-refractivity contribution in [1.82, 2.24) is 24.6 Å². The van der Waals surface area contributed by atoms with Crippen LogP contribution in [-0.2, 0) is 20.0 Å². The molecule has 1 unspecified atom stereocenters. The molecule has 19 heavy (non-hydrogen) atoms. The van der Waals surface area contributed by atoms with E-state index in [1.165, 1.54) is 25.0 Å².